The molecule has 224 valence electrons. The van der Waals surface area contributed by atoms with Gasteiger partial charge in [0, 0.05) is 18.4 Å². The van der Waals surface area contributed by atoms with Crippen LogP contribution in [0, 0.1) is 5.41 Å². The Morgan fingerprint density at radius 1 is 0.929 bits per heavy atom. The van der Waals surface area contributed by atoms with Gasteiger partial charge in [0.25, 0.3) is 0 Å². The van der Waals surface area contributed by atoms with Crippen molar-refractivity contribution in [3.8, 4) is 5.75 Å². The predicted molar refractivity (Wildman–Crippen MR) is 134 cm³/mol. The number of fused-ring (bicyclic) bond motifs is 1. The molecule has 2 N–H and O–H groups in total. The average Bonchev–Trinajstić information content (AvgIpc) is 3.83. The number of Topliss-reactive ketones (excluding diaryl/α,β-unsaturated/α-hetero) is 1. The molecule has 0 unspecified atom stereocenters. The van der Waals surface area contributed by atoms with Crippen molar-refractivity contribution in [2.45, 2.75) is 69.2 Å². The van der Waals surface area contributed by atoms with Crippen molar-refractivity contribution in [3.05, 3.63) is 59.7 Å². The summed E-state index contributed by atoms with van der Waals surface area (Å²) in [6.07, 6.45) is -10.7. The zero-order valence-corrected chi connectivity index (χ0v) is 21.9. The summed E-state index contributed by atoms with van der Waals surface area (Å²) in [5.41, 5.74) is -2.75. The van der Waals surface area contributed by atoms with Crippen molar-refractivity contribution < 1.29 is 50.3 Å². The van der Waals surface area contributed by atoms with Crippen molar-refractivity contribution >= 4 is 29.2 Å². The second kappa shape index (κ2) is 10.3. The van der Waals surface area contributed by atoms with Crippen LogP contribution in [0.3, 0.4) is 0 Å². The van der Waals surface area contributed by atoms with Gasteiger partial charge in [-0.3, -0.25) is 19.2 Å². The number of nitrogens with one attached hydrogen (secondary N) is 2. The molecule has 14 heteroatoms. The molecule has 0 spiro atoms. The third-order valence-corrected chi connectivity index (χ3v) is 7.77. The van der Waals surface area contributed by atoms with E-state index >= 15 is 0 Å². The number of carbonyl (C=O) groups is 4. The van der Waals surface area contributed by atoms with Gasteiger partial charge in [-0.15, -0.1) is 13.2 Å². The fraction of sp³-hybridized carbons (Fsp3) is 0.429. The van der Waals surface area contributed by atoms with Gasteiger partial charge in [-0.05, 0) is 55.5 Å². The molecule has 3 amide bonds. The lowest BCUT2D eigenvalue weighted by atomic mass is 10.0. The molecule has 1 atom stereocenters. The molecule has 0 saturated heterocycles. The molecule has 42 heavy (non-hydrogen) atoms. The average molecular weight is 598 g/mol. The summed E-state index contributed by atoms with van der Waals surface area (Å²) >= 11 is 0. The molecular weight excluding hydrogens is 572 g/mol. The van der Waals surface area contributed by atoms with Gasteiger partial charge >= 0.3 is 12.5 Å². The molecule has 0 radical (unpaired) electrons. The summed E-state index contributed by atoms with van der Waals surface area (Å²) in [4.78, 5) is 53.7. The normalized spacial score (nSPS) is 20.7. The molecular formula is C28H25F6N3O5. The molecule has 2 aromatic rings. The van der Waals surface area contributed by atoms with Crippen molar-refractivity contribution in [3.63, 3.8) is 0 Å². The number of ketones is 1. The van der Waals surface area contributed by atoms with E-state index in [1.165, 1.54) is 29.2 Å². The Morgan fingerprint density at radius 3 is 2.14 bits per heavy atom. The van der Waals surface area contributed by atoms with Gasteiger partial charge in [-0.25, -0.2) is 0 Å². The van der Waals surface area contributed by atoms with E-state index in [2.05, 4.69) is 15.4 Å². The molecule has 2 fully saturated rings. The fourth-order valence-corrected chi connectivity index (χ4v) is 5.05. The number of nitrogens with zero attached hydrogens (tertiary/aromatic N) is 1. The maximum atomic E-state index is 13.7. The molecule has 0 aromatic heterocycles. The Balaban J connectivity index is 1.32. The molecule has 3 aliphatic rings. The summed E-state index contributed by atoms with van der Waals surface area (Å²) < 4.78 is 81.4. The van der Waals surface area contributed by atoms with Crippen LogP contribution in [-0.2, 0) is 20.9 Å². The van der Waals surface area contributed by atoms with Crippen LogP contribution in [0.4, 0.5) is 32.0 Å². The van der Waals surface area contributed by atoms with Crippen LogP contribution in [0.15, 0.2) is 48.5 Å². The zero-order valence-electron chi connectivity index (χ0n) is 21.9. The van der Waals surface area contributed by atoms with Crippen LogP contribution >= 0.6 is 0 Å². The maximum absolute atomic E-state index is 13.7. The number of carbonyl (C=O) groups excluding carboxylic acids is 4. The largest absolute Gasteiger partial charge is 0.573 e. The van der Waals surface area contributed by atoms with Crippen LogP contribution in [0.5, 0.6) is 5.75 Å². The Morgan fingerprint density at radius 2 is 1.57 bits per heavy atom. The summed E-state index contributed by atoms with van der Waals surface area (Å²) in [6, 6.07) is 9.62. The number of halogens is 6. The molecule has 5 rings (SSSR count). The highest BCUT2D eigenvalue weighted by atomic mass is 19.4. The number of alkyl halides is 6. The SMILES string of the molecule is O=C(CC1(C(F)(F)F)CC1)NC1(C(=O)N[C@@H]2CC(=O)c3ccccc3N(Cc3ccc(OC(F)(F)F)cc3)C2=O)CC1. The second-order valence-electron chi connectivity index (χ2n) is 10.9. The molecule has 2 aromatic carbocycles. The third-order valence-electron chi connectivity index (χ3n) is 7.77. The van der Waals surface area contributed by atoms with E-state index in [9.17, 15) is 45.5 Å². The van der Waals surface area contributed by atoms with Gasteiger partial charge in [0.1, 0.15) is 17.3 Å². The van der Waals surface area contributed by atoms with Gasteiger partial charge in [-0.2, -0.15) is 13.2 Å². The Kier molecular flexibility index (Phi) is 7.22. The van der Waals surface area contributed by atoms with E-state index in [4.69, 9.17) is 0 Å². The Bertz CT molecular complexity index is 1410. The van der Waals surface area contributed by atoms with E-state index in [1.54, 1.807) is 12.1 Å². The summed E-state index contributed by atoms with van der Waals surface area (Å²) in [6.45, 7) is -0.163. The number of anilines is 1. The number of hydrogen-bond acceptors (Lipinski definition) is 5. The van der Waals surface area contributed by atoms with Gasteiger partial charge in [0.2, 0.25) is 17.7 Å². The summed E-state index contributed by atoms with van der Waals surface area (Å²) in [5.74, 6) is -3.33. The number of amides is 3. The van der Waals surface area contributed by atoms with Gasteiger partial charge < -0.3 is 20.3 Å². The fourth-order valence-electron chi connectivity index (χ4n) is 5.05. The van der Waals surface area contributed by atoms with Crippen LogP contribution in [0.25, 0.3) is 0 Å². The lowest BCUT2D eigenvalue weighted by Crippen LogP contribution is -2.56. The standard InChI is InChI=1S/C28H25F6N3O5/c29-27(30,31)25(9-10-25)14-22(39)36-26(11-12-26)24(41)35-19-13-21(38)18-3-1-2-4-20(18)37(23(19)40)15-16-5-7-17(8-6-16)42-28(32,33)34/h1-8,19H,9-15H2,(H,35,41)(H,36,39)/t19-/m1/s1. The highest BCUT2D eigenvalue weighted by Gasteiger charge is 2.64. The van der Waals surface area contributed by atoms with E-state index in [-0.39, 0.29) is 43.5 Å². The van der Waals surface area contributed by atoms with Crippen molar-refractivity contribution in [2.24, 2.45) is 5.41 Å². The predicted octanol–water partition coefficient (Wildman–Crippen LogP) is 4.57. The molecule has 1 aliphatic heterocycles. The lowest BCUT2D eigenvalue weighted by Gasteiger charge is -2.27. The molecule has 2 aliphatic carbocycles. The first-order chi connectivity index (χ1) is 19.6. The van der Waals surface area contributed by atoms with Gasteiger partial charge in [0.05, 0.1) is 17.6 Å². The van der Waals surface area contributed by atoms with E-state index in [1.807, 2.05) is 0 Å². The van der Waals surface area contributed by atoms with Crippen molar-refractivity contribution in [1.82, 2.24) is 10.6 Å². The van der Waals surface area contributed by atoms with E-state index in [0.717, 1.165) is 12.1 Å². The monoisotopic (exact) mass is 597 g/mol. The van der Waals surface area contributed by atoms with E-state index < -0.39 is 71.6 Å². The smallest absolute Gasteiger partial charge is 0.406 e. The van der Waals surface area contributed by atoms with Crippen molar-refractivity contribution in [2.75, 3.05) is 4.90 Å². The minimum Gasteiger partial charge on any atom is -0.406 e. The second-order valence-corrected chi connectivity index (χ2v) is 10.9. The van der Waals surface area contributed by atoms with Crippen molar-refractivity contribution in [1.29, 1.82) is 0 Å². The van der Waals surface area contributed by atoms with Crippen LogP contribution in [-0.4, -0.2) is 47.6 Å². The summed E-state index contributed by atoms with van der Waals surface area (Å²) in [7, 11) is 0. The van der Waals surface area contributed by atoms with Gasteiger partial charge in [-0.1, -0.05) is 24.3 Å². The van der Waals surface area contributed by atoms with Crippen LogP contribution < -0.4 is 20.3 Å². The maximum Gasteiger partial charge on any atom is 0.573 e. The first-order valence-electron chi connectivity index (χ1n) is 13.1. The number of benzene rings is 2. The van der Waals surface area contributed by atoms with Gasteiger partial charge in [0.15, 0.2) is 5.78 Å². The first-order valence-corrected chi connectivity index (χ1v) is 13.1. The topological polar surface area (TPSA) is 105 Å². The number of rotatable bonds is 8. The lowest BCUT2D eigenvalue weighted by molar-refractivity contribution is -0.274. The minimum atomic E-state index is -4.89. The number of ether oxygens (including phenoxy) is 1. The van der Waals surface area contributed by atoms with Crippen LogP contribution in [0.2, 0.25) is 0 Å². The molecule has 0 bridgehead atoms. The Hall–Kier alpha value is -4.10. The van der Waals surface area contributed by atoms with Crippen LogP contribution in [0.1, 0.15) is 54.4 Å². The highest BCUT2D eigenvalue weighted by molar-refractivity contribution is 6.13. The molecule has 8 nitrogen and oxygen atoms in total. The molecule has 1 heterocycles. The zero-order chi connectivity index (χ0) is 30.5. The highest BCUT2D eigenvalue weighted by Crippen LogP contribution is 2.60. The quantitative estimate of drug-likeness (QED) is 0.434. The number of para-hydroxylation sites is 1. The third kappa shape index (κ3) is 6.07. The van der Waals surface area contributed by atoms with E-state index in [0.29, 0.717) is 5.56 Å². The summed E-state index contributed by atoms with van der Waals surface area (Å²) in [5, 5.41) is 4.91. The molecule has 2 saturated carbocycles. The Labute approximate surface area is 235 Å². The first kappa shape index (κ1) is 29.4. The minimum absolute atomic E-state index is 0.148. The number of hydrogen-bond donors (Lipinski definition) is 2.